The Morgan fingerprint density at radius 3 is 2.62 bits per heavy atom. The van der Waals surface area contributed by atoms with E-state index < -0.39 is 0 Å². The average Bonchev–Trinajstić information content (AvgIpc) is 2.34. The summed E-state index contributed by atoms with van der Waals surface area (Å²) in [5.41, 5.74) is 3.32. The molecule has 1 nitrogen and oxygen atoms in total. The van der Waals surface area contributed by atoms with E-state index in [1.54, 1.807) is 0 Å². The van der Waals surface area contributed by atoms with Crippen LogP contribution >= 0.6 is 0 Å². The number of rotatable bonds is 5. The zero-order chi connectivity index (χ0) is 12.0. The van der Waals surface area contributed by atoms with Gasteiger partial charge in [0, 0.05) is 5.92 Å². The van der Waals surface area contributed by atoms with Crippen LogP contribution in [0.25, 0.3) is 0 Å². The molecule has 0 heterocycles. The summed E-state index contributed by atoms with van der Waals surface area (Å²) < 4.78 is 0. The highest BCUT2D eigenvalue weighted by molar-refractivity contribution is 5.48. The Balaban J connectivity index is 2.99. The molecule has 0 unspecified atom stereocenters. The van der Waals surface area contributed by atoms with Crippen molar-refractivity contribution in [3.05, 3.63) is 40.8 Å². The molecule has 85 valence electrons. The van der Waals surface area contributed by atoms with Crippen molar-refractivity contribution in [1.29, 1.82) is 5.26 Å². The molecule has 0 aliphatic carbocycles. The summed E-state index contributed by atoms with van der Waals surface area (Å²) in [5.74, 6) is 1.41. The molecule has 0 aliphatic rings. The highest BCUT2D eigenvalue weighted by Crippen LogP contribution is 2.26. The van der Waals surface area contributed by atoms with Crippen molar-refractivity contribution < 1.29 is 0 Å². The summed E-state index contributed by atoms with van der Waals surface area (Å²) in [4.78, 5) is 0. The number of unbranched alkanes of at least 4 members (excludes halogenated alkanes) is 1. The molecular formula is C15H20N. The fourth-order valence-electron chi connectivity index (χ4n) is 2.05. The van der Waals surface area contributed by atoms with Gasteiger partial charge < -0.3 is 0 Å². The lowest BCUT2D eigenvalue weighted by atomic mass is 9.88. The van der Waals surface area contributed by atoms with E-state index >= 15 is 0 Å². The summed E-state index contributed by atoms with van der Waals surface area (Å²) in [6, 6.07) is 8.33. The van der Waals surface area contributed by atoms with E-state index in [1.165, 1.54) is 29.9 Å². The molecule has 1 heteroatoms. The predicted molar refractivity (Wildman–Crippen MR) is 68.1 cm³/mol. The Kier molecular flexibility index (Phi) is 5.05. The SMILES string of the molecule is CCCC[C](C)c1cccc(C#N)c1CC. The van der Waals surface area contributed by atoms with Crippen LogP contribution < -0.4 is 0 Å². The third-order valence-corrected chi connectivity index (χ3v) is 3.02. The first kappa shape index (κ1) is 12.8. The molecule has 0 spiro atoms. The van der Waals surface area contributed by atoms with E-state index in [0.717, 1.165) is 18.4 Å². The van der Waals surface area contributed by atoms with Gasteiger partial charge in [-0.1, -0.05) is 45.7 Å². The topological polar surface area (TPSA) is 23.8 Å². The van der Waals surface area contributed by atoms with Gasteiger partial charge in [-0.25, -0.2) is 0 Å². The van der Waals surface area contributed by atoms with E-state index in [1.807, 2.05) is 12.1 Å². The van der Waals surface area contributed by atoms with E-state index in [9.17, 15) is 0 Å². The Morgan fingerprint density at radius 2 is 2.06 bits per heavy atom. The maximum absolute atomic E-state index is 9.07. The molecule has 0 aliphatic heterocycles. The van der Waals surface area contributed by atoms with Crippen LogP contribution in [0, 0.1) is 17.2 Å². The second-order valence-corrected chi connectivity index (χ2v) is 4.18. The van der Waals surface area contributed by atoms with Crippen molar-refractivity contribution in [3.63, 3.8) is 0 Å². The molecule has 0 saturated carbocycles. The van der Waals surface area contributed by atoms with Crippen LogP contribution in [-0.4, -0.2) is 0 Å². The molecule has 0 N–H and O–H groups in total. The largest absolute Gasteiger partial charge is 0.192 e. The summed E-state index contributed by atoms with van der Waals surface area (Å²) in [7, 11) is 0. The van der Waals surface area contributed by atoms with Gasteiger partial charge in [-0.3, -0.25) is 0 Å². The number of nitriles is 1. The lowest BCUT2D eigenvalue weighted by Crippen LogP contribution is -2.02. The first-order valence-corrected chi connectivity index (χ1v) is 6.09. The lowest BCUT2D eigenvalue weighted by Gasteiger charge is -2.15. The molecule has 1 radical (unpaired) electrons. The van der Waals surface area contributed by atoms with E-state index in [2.05, 4.69) is 32.9 Å². The Labute approximate surface area is 99.1 Å². The van der Waals surface area contributed by atoms with Crippen LogP contribution in [0.1, 0.15) is 56.7 Å². The van der Waals surface area contributed by atoms with Crippen LogP contribution in [0.15, 0.2) is 18.2 Å². The minimum atomic E-state index is 0.829. The Hall–Kier alpha value is -1.29. The van der Waals surface area contributed by atoms with Crippen LogP contribution in [0.2, 0.25) is 0 Å². The highest BCUT2D eigenvalue weighted by Gasteiger charge is 2.12. The average molecular weight is 214 g/mol. The quantitative estimate of drug-likeness (QED) is 0.718. The van der Waals surface area contributed by atoms with Crippen LogP contribution in [0.3, 0.4) is 0 Å². The normalized spacial score (nSPS) is 10.4. The van der Waals surface area contributed by atoms with Crippen molar-refractivity contribution in [2.75, 3.05) is 0 Å². The standard InChI is InChI=1S/C15H20N/c1-4-6-8-12(3)15-10-7-9-13(11-16)14(15)5-2/h7,9-10H,4-6,8H2,1-3H3. The van der Waals surface area contributed by atoms with Crippen molar-refractivity contribution in [3.8, 4) is 6.07 Å². The number of benzene rings is 1. The number of hydrogen-bond donors (Lipinski definition) is 0. The van der Waals surface area contributed by atoms with E-state index in [-0.39, 0.29) is 0 Å². The lowest BCUT2D eigenvalue weighted by molar-refractivity contribution is 0.739. The zero-order valence-corrected chi connectivity index (χ0v) is 10.5. The van der Waals surface area contributed by atoms with E-state index in [4.69, 9.17) is 5.26 Å². The summed E-state index contributed by atoms with van der Waals surface area (Å²) in [6.07, 6.45) is 4.52. The fraction of sp³-hybridized carbons (Fsp3) is 0.467. The van der Waals surface area contributed by atoms with Gasteiger partial charge in [0.1, 0.15) is 0 Å². The molecule has 0 aromatic heterocycles. The minimum Gasteiger partial charge on any atom is -0.192 e. The van der Waals surface area contributed by atoms with Gasteiger partial charge in [0.05, 0.1) is 11.6 Å². The van der Waals surface area contributed by atoms with Gasteiger partial charge in [-0.05, 0) is 30.0 Å². The minimum absolute atomic E-state index is 0.829. The summed E-state index contributed by atoms with van der Waals surface area (Å²) >= 11 is 0. The zero-order valence-electron chi connectivity index (χ0n) is 10.5. The maximum atomic E-state index is 9.07. The van der Waals surface area contributed by atoms with Gasteiger partial charge in [0.25, 0.3) is 0 Å². The third-order valence-electron chi connectivity index (χ3n) is 3.02. The van der Waals surface area contributed by atoms with Gasteiger partial charge in [-0.15, -0.1) is 0 Å². The molecule has 0 atom stereocenters. The third kappa shape index (κ3) is 2.85. The first-order chi connectivity index (χ1) is 7.74. The molecule has 1 aromatic rings. The summed E-state index contributed by atoms with van der Waals surface area (Å²) in [6.45, 7) is 6.51. The van der Waals surface area contributed by atoms with E-state index in [0.29, 0.717) is 0 Å². The fourth-order valence-corrected chi connectivity index (χ4v) is 2.05. The first-order valence-electron chi connectivity index (χ1n) is 6.09. The molecular weight excluding hydrogens is 194 g/mol. The molecule has 0 saturated heterocycles. The number of hydrogen-bond acceptors (Lipinski definition) is 1. The van der Waals surface area contributed by atoms with Crippen LogP contribution in [0.4, 0.5) is 0 Å². The predicted octanol–water partition coefficient (Wildman–Crippen LogP) is 4.25. The smallest absolute Gasteiger partial charge is 0.0994 e. The van der Waals surface area contributed by atoms with Crippen molar-refractivity contribution in [1.82, 2.24) is 0 Å². The van der Waals surface area contributed by atoms with Gasteiger partial charge >= 0.3 is 0 Å². The monoisotopic (exact) mass is 214 g/mol. The molecule has 16 heavy (non-hydrogen) atoms. The number of nitrogens with zero attached hydrogens (tertiary/aromatic N) is 1. The molecule has 1 aromatic carbocycles. The van der Waals surface area contributed by atoms with Crippen molar-refractivity contribution >= 4 is 0 Å². The molecule has 0 fully saturated rings. The second-order valence-electron chi connectivity index (χ2n) is 4.18. The Bertz CT molecular complexity index is 374. The Morgan fingerprint density at radius 1 is 1.31 bits per heavy atom. The molecule has 1 rings (SSSR count). The second kappa shape index (κ2) is 6.33. The van der Waals surface area contributed by atoms with Crippen molar-refractivity contribution in [2.45, 2.75) is 46.5 Å². The van der Waals surface area contributed by atoms with Gasteiger partial charge in [0.15, 0.2) is 0 Å². The van der Waals surface area contributed by atoms with Crippen molar-refractivity contribution in [2.24, 2.45) is 0 Å². The maximum Gasteiger partial charge on any atom is 0.0994 e. The molecule has 0 bridgehead atoms. The van der Waals surface area contributed by atoms with Crippen LogP contribution in [-0.2, 0) is 6.42 Å². The van der Waals surface area contributed by atoms with Gasteiger partial charge in [-0.2, -0.15) is 5.26 Å². The summed E-state index contributed by atoms with van der Waals surface area (Å²) in [5, 5.41) is 9.07. The van der Waals surface area contributed by atoms with Gasteiger partial charge in [0.2, 0.25) is 0 Å². The highest BCUT2D eigenvalue weighted by atomic mass is 14.3. The van der Waals surface area contributed by atoms with Crippen LogP contribution in [0.5, 0.6) is 0 Å². The molecule has 0 amide bonds.